The third-order valence-electron chi connectivity index (χ3n) is 5.09. The van der Waals surface area contributed by atoms with E-state index in [0.29, 0.717) is 19.6 Å². The number of carbonyl (C=O) groups is 1. The van der Waals surface area contributed by atoms with Gasteiger partial charge in [0.1, 0.15) is 5.75 Å². The molecule has 1 aliphatic rings. The van der Waals surface area contributed by atoms with Gasteiger partial charge in [0.2, 0.25) is 0 Å². The minimum absolute atomic E-state index is 0.0749. The van der Waals surface area contributed by atoms with Crippen LogP contribution in [-0.4, -0.2) is 48.8 Å². The zero-order valence-electron chi connectivity index (χ0n) is 16.7. The second-order valence-corrected chi connectivity index (χ2v) is 7.10. The van der Waals surface area contributed by atoms with Crippen LogP contribution in [-0.2, 0) is 17.7 Å². The summed E-state index contributed by atoms with van der Waals surface area (Å²) in [5, 5.41) is 3.02. The maximum absolute atomic E-state index is 12.8. The van der Waals surface area contributed by atoms with Gasteiger partial charge in [-0.05, 0) is 55.5 Å². The topological polar surface area (TPSA) is 63.7 Å². The van der Waals surface area contributed by atoms with Crippen LogP contribution in [0.4, 0.5) is 4.79 Å². The van der Waals surface area contributed by atoms with Crippen molar-refractivity contribution in [2.45, 2.75) is 38.8 Å². The molecule has 0 unspecified atom stereocenters. The van der Waals surface area contributed by atoms with Gasteiger partial charge in [0.25, 0.3) is 0 Å². The van der Waals surface area contributed by atoms with Crippen molar-refractivity contribution in [1.82, 2.24) is 15.2 Å². The summed E-state index contributed by atoms with van der Waals surface area (Å²) in [5.74, 6) is 0.837. The summed E-state index contributed by atoms with van der Waals surface area (Å²) in [7, 11) is 1.66. The molecule has 1 N–H and O–H groups in total. The minimum atomic E-state index is -0.0749. The second-order valence-electron chi connectivity index (χ2n) is 7.10. The van der Waals surface area contributed by atoms with Gasteiger partial charge in [0, 0.05) is 25.9 Å². The Morgan fingerprint density at radius 2 is 2.14 bits per heavy atom. The Bertz CT molecular complexity index is 758. The highest BCUT2D eigenvalue weighted by Gasteiger charge is 2.22. The largest absolute Gasteiger partial charge is 0.497 e. The zero-order valence-corrected chi connectivity index (χ0v) is 16.7. The molecule has 6 heteroatoms. The summed E-state index contributed by atoms with van der Waals surface area (Å²) >= 11 is 0. The number of pyridine rings is 1. The minimum Gasteiger partial charge on any atom is -0.497 e. The number of aromatic nitrogens is 1. The number of methoxy groups -OCH3 is 1. The first-order valence-corrected chi connectivity index (χ1v) is 9.83. The van der Waals surface area contributed by atoms with Crippen LogP contribution in [0.2, 0.25) is 0 Å². The molecular formula is C22H29N3O3. The lowest BCUT2D eigenvalue weighted by Gasteiger charge is -2.26. The molecule has 150 valence electrons. The number of amides is 2. The SMILES string of the molecule is COc1ccc(CCN(C[C@@H]2CCCO2)C(=O)NCc2ncccc2C)cc1. The quantitative estimate of drug-likeness (QED) is 0.759. The van der Waals surface area contributed by atoms with Gasteiger partial charge in [-0.2, -0.15) is 0 Å². The molecule has 1 aromatic carbocycles. The van der Waals surface area contributed by atoms with Crippen molar-refractivity contribution in [2.24, 2.45) is 0 Å². The Hall–Kier alpha value is -2.60. The normalized spacial score (nSPS) is 16.0. The fourth-order valence-electron chi connectivity index (χ4n) is 3.34. The van der Waals surface area contributed by atoms with Crippen LogP contribution >= 0.6 is 0 Å². The predicted molar refractivity (Wildman–Crippen MR) is 108 cm³/mol. The highest BCUT2D eigenvalue weighted by molar-refractivity contribution is 5.74. The van der Waals surface area contributed by atoms with E-state index in [-0.39, 0.29) is 12.1 Å². The molecular weight excluding hydrogens is 354 g/mol. The summed E-state index contributed by atoms with van der Waals surface area (Å²) in [5.41, 5.74) is 3.14. The van der Waals surface area contributed by atoms with Gasteiger partial charge in [-0.25, -0.2) is 4.79 Å². The van der Waals surface area contributed by atoms with Gasteiger partial charge in [-0.15, -0.1) is 0 Å². The van der Waals surface area contributed by atoms with E-state index < -0.39 is 0 Å². The van der Waals surface area contributed by atoms with E-state index in [0.717, 1.165) is 42.9 Å². The summed E-state index contributed by atoms with van der Waals surface area (Å²) in [6.45, 7) is 4.46. The lowest BCUT2D eigenvalue weighted by atomic mass is 10.1. The highest BCUT2D eigenvalue weighted by atomic mass is 16.5. The molecule has 0 bridgehead atoms. The van der Waals surface area contributed by atoms with E-state index in [1.807, 2.05) is 48.2 Å². The number of benzene rings is 1. The molecule has 28 heavy (non-hydrogen) atoms. The number of hydrogen-bond acceptors (Lipinski definition) is 4. The van der Waals surface area contributed by atoms with Crippen LogP contribution in [0, 0.1) is 6.92 Å². The van der Waals surface area contributed by atoms with Crippen LogP contribution < -0.4 is 10.1 Å². The van der Waals surface area contributed by atoms with E-state index >= 15 is 0 Å². The van der Waals surface area contributed by atoms with Crippen LogP contribution in [0.5, 0.6) is 5.75 Å². The number of nitrogens with one attached hydrogen (secondary N) is 1. The lowest BCUT2D eigenvalue weighted by Crippen LogP contribution is -2.44. The Labute approximate surface area is 166 Å². The molecule has 6 nitrogen and oxygen atoms in total. The molecule has 2 amide bonds. The summed E-state index contributed by atoms with van der Waals surface area (Å²) in [4.78, 5) is 19.1. The number of rotatable bonds is 8. The molecule has 0 radical (unpaired) electrons. The van der Waals surface area contributed by atoms with E-state index in [1.165, 1.54) is 5.56 Å². The van der Waals surface area contributed by atoms with Crippen molar-refractivity contribution in [2.75, 3.05) is 26.8 Å². The Balaban J connectivity index is 1.59. The number of urea groups is 1. The fourth-order valence-corrected chi connectivity index (χ4v) is 3.34. The van der Waals surface area contributed by atoms with Crippen LogP contribution in [0.3, 0.4) is 0 Å². The van der Waals surface area contributed by atoms with Crippen LogP contribution in [0.1, 0.15) is 29.7 Å². The van der Waals surface area contributed by atoms with E-state index in [4.69, 9.17) is 9.47 Å². The third kappa shape index (κ3) is 5.70. The van der Waals surface area contributed by atoms with Crippen molar-refractivity contribution < 1.29 is 14.3 Å². The van der Waals surface area contributed by atoms with Gasteiger partial charge in [0.05, 0.1) is 25.5 Å². The van der Waals surface area contributed by atoms with Crippen molar-refractivity contribution in [3.05, 3.63) is 59.4 Å². The maximum Gasteiger partial charge on any atom is 0.317 e. The molecule has 1 saturated heterocycles. The van der Waals surface area contributed by atoms with Gasteiger partial charge in [0.15, 0.2) is 0 Å². The van der Waals surface area contributed by atoms with Gasteiger partial charge in [-0.3, -0.25) is 4.98 Å². The van der Waals surface area contributed by atoms with E-state index in [1.54, 1.807) is 13.3 Å². The van der Waals surface area contributed by atoms with Gasteiger partial charge < -0.3 is 19.7 Å². The summed E-state index contributed by atoms with van der Waals surface area (Å²) in [6.07, 6.45) is 4.73. The van der Waals surface area contributed by atoms with Crippen molar-refractivity contribution in [1.29, 1.82) is 0 Å². The van der Waals surface area contributed by atoms with Gasteiger partial charge >= 0.3 is 6.03 Å². The summed E-state index contributed by atoms with van der Waals surface area (Å²) in [6, 6.07) is 11.8. The molecule has 1 fully saturated rings. The Morgan fingerprint density at radius 1 is 1.32 bits per heavy atom. The molecule has 3 rings (SSSR count). The Morgan fingerprint density at radius 3 is 2.82 bits per heavy atom. The number of carbonyl (C=O) groups excluding carboxylic acids is 1. The van der Waals surface area contributed by atoms with Gasteiger partial charge in [-0.1, -0.05) is 18.2 Å². The third-order valence-corrected chi connectivity index (χ3v) is 5.09. The highest BCUT2D eigenvalue weighted by Crippen LogP contribution is 2.15. The zero-order chi connectivity index (χ0) is 19.8. The standard InChI is InChI=1S/C22H29N3O3/c1-17-5-3-12-23-21(17)15-24-22(26)25(16-20-6-4-14-28-20)13-11-18-7-9-19(27-2)10-8-18/h3,5,7-10,12,20H,4,6,11,13-16H2,1-2H3,(H,24,26)/t20-/m0/s1. The average Bonchev–Trinajstić information content (AvgIpc) is 3.24. The van der Waals surface area contributed by atoms with E-state index in [9.17, 15) is 4.79 Å². The first-order chi connectivity index (χ1) is 13.7. The fraction of sp³-hybridized carbons (Fsp3) is 0.455. The van der Waals surface area contributed by atoms with Crippen molar-refractivity contribution in [3.63, 3.8) is 0 Å². The smallest absolute Gasteiger partial charge is 0.317 e. The predicted octanol–water partition coefficient (Wildman–Crippen LogP) is 3.33. The van der Waals surface area contributed by atoms with Crippen molar-refractivity contribution in [3.8, 4) is 5.75 Å². The molecule has 1 aromatic heterocycles. The number of nitrogens with zero attached hydrogens (tertiary/aromatic N) is 2. The molecule has 1 atom stereocenters. The first kappa shape index (κ1) is 20.1. The van der Waals surface area contributed by atoms with E-state index in [2.05, 4.69) is 10.3 Å². The monoisotopic (exact) mass is 383 g/mol. The summed E-state index contributed by atoms with van der Waals surface area (Å²) < 4.78 is 11.0. The number of hydrogen-bond donors (Lipinski definition) is 1. The first-order valence-electron chi connectivity index (χ1n) is 9.83. The molecule has 0 saturated carbocycles. The molecule has 0 aliphatic carbocycles. The Kier molecular flexibility index (Phi) is 7.25. The molecule has 2 aromatic rings. The maximum atomic E-state index is 12.8. The number of ether oxygens (including phenoxy) is 2. The van der Waals surface area contributed by atoms with Crippen LogP contribution in [0.15, 0.2) is 42.6 Å². The molecule has 1 aliphatic heterocycles. The second kappa shape index (κ2) is 10.1. The average molecular weight is 383 g/mol. The van der Waals surface area contributed by atoms with Crippen molar-refractivity contribution >= 4 is 6.03 Å². The molecule has 0 spiro atoms. The number of aryl methyl sites for hydroxylation is 1. The van der Waals surface area contributed by atoms with Crippen LogP contribution in [0.25, 0.3) is 0 Å². The molecule has 2 heterocycles. The lowest BCUT2D eigenvalue weighted by molar-refractivity contribution is 0.0815.